The summed E-state index contributed by atoms with van der Waals surface area (Å²) in [6, 6.07) is 4.06. The van der Waals surface area contributed by atoms with Gasteiger partial charge in [-0.2, -0.15) is 0 Å². The van der Waals surface area contributed by atoms with Crippen LogP contribution in [0.5, 0.6) is 5.19 Å². The lowest BCUT2D eigenvalue weighted by Gasteiger charge is -1.93. The predicted molar refractivity (Wildman–Crippen MR) is 66.6 cm³/mol. The molecule has 1 aromatic carbocycles. The molecule has 0 saturated carbocycles. The first-order valence-electron chi connectivity index (χ1n) is 3.51. The molecule has 0 unspecified atom stereocenters. The van der Waals surface area contributed by atoms with E-state index in [-0.39, 0.29) is 0 Å². The van der Waals surface area contributed by atoms with Gasteiger partial charge in [0.2, 0.25) is 0 Å². The summed E-state index contributed by atoms with van der Waals surface area (Å²) in [7, 11) is 1.64. The summed E-state index contributed by atoms with van der Waals surface area (Å²) in [6.45, 7) is 0. The Morgan fingerprint density at radius 3 is 2.92 bits per heavy atom. The number of hydrogen-bond donors (Lipinski definition) is 0. The molecule has 2 nitrogen and oxygen atoms in total. The highest BCUT2D eigenvalue weighted by Crippen LogP contribution is 2.35. The van der Waals surface area contributed by atoms with E-state index in [1.54, 1.807) is 18.4 Å². The maximum absolute atomic E-state index is 5.09. The number of ether oxygens (including phenoxy) is 1. The van der Waals surface area contributed by atoms with E-state index >= 15 is 0 Å². The number of halogens is 2. The zero-order chi connectivity index (χ0) is 9.42. The van der Waals surface area contributed by atoms with Crippen molar-refractivity contribution in [3.05, 3.63) is 20.2 Å². The van der Waals surface area contributed by atoms with Crippen LogP contribution in [0.2, 0.25) is 0 Å². The third-order valence-electron chi connectivity index (χ3n) is 1.60. The number of aromatic nitrogens is 1. The molecule has 1 aromatic heterocycles. The van der Waals surface area contributed by atoms with Gasteiger partial charge in [-0.15, -0.1) is 0 Å². The van der Waals surface area contributed by atoms with Crippen molar-refractivity contribution < 1.29 is 4.74 Å². The number of rotatable bonds is 1. The largest absolute Gasteiger partial charge is 0.473 e. The first kappa shape index (κ1) is 9.67. The molecule has 1 heterocycles. The number of methoxy groups -OCH3 is 1. The van der Waals surface area contributed by atoms with E-state index in [0.29, 0.717) is 5.19 Å². The van der Waals surface area contributed by atoms with Gasteiger partial charge in [-0.1, -0.05) is 11.3 Å². The summed E-state index contributed by atoms with van der Waals surface area (Å²) in [6.07, 6.45) is 0. The fraction of sp³-hybridized carbons (Fsp3) is 0.125. The second-order valence-electron chi connectivity index (χ2n) is 2.39. The van der Waals surface area contributed by atoms with E-state index in [1.165, 1.54) is 0 Å². The molecule has 2 aromatic rings. The number of hydrogen-bond acceptors (Lipinski definition) is 3. The van der Waals surface area contributed by atoms with Gasteiger partial charge < -0.3 is 4.74 Å². The number of nitrogens with zero attached hydrogens (tertiary/aromatic N) is 1. The third kappa shape index (κ3) is 1.69. The van der Waals surface area contributed by atoms with Crippen molar-refractivity contribution in [1.29, 1.82) is 0 Å². The van der Waals surface area contributed by atoms with Gasteiger partial charge in [-0.05, 0) is 50.7 Å². The Balaban J connectivity index is 2.80. The predicted octanol–water partition coefficient (Wildman–Crippen LogP) is 3.67. The van der Waals surface area contributed by atoms with Crippen LogP contribution in [0.1, 0.15) is 0 Å². The van der Waals surface area contributed by atoms with Gasteiger partial charge >= 0.3 is 0 Å². The molecular weight excluding hydrogens is 365 g/mol. The van der Waals surface area contributed by atoms with Crippen LogP contribution in [0.3, 0.4) is 0 Å². The summed E-state index contributed by atoms with van der Waals surface area (Å²) in [5.41, 5.74) is 1.01. The lowest BCUT2D eigenvalue weighted by Crippen LogP contribution is -1.80. The number of fused-ring (bicyclic) bond motifs is 1. The van der Waals surface area contributed by atoms with Crippen molar-refractivity contribution in [2.24, 2.45) is 0 Å². The van der Waals surface area contributed by atoms with E-state index in [2.05, 4.69) is 43.5 Å². The average molecular weight is 370 g/mol. The van der Waals surface area contributed by atoms with Crippen molar-refractivity contribution in [2.45, 2.75) is 0 Å². The zero-order valence-electron chi connectivity index (χ0n) is 6.67. The highest BCUT2D eigenvalue weighted by atomic mass is 127. The average Bonchev–Trinajstić information content (AvgIpc) is 2.56. The van der Waals surface area contributed by atoms with Crippen LogP contribution in [0, 0.1) is 3.57 Å². The van der Waals surface area contributed by atoms with Crippen LogP contribution in [0.4, 0.5) is 0 Å². The normalized spacial score (nSPS) is 10.7. The van der Waals surface area contributed by atoms with Crippen LogP contribution >= 0.6 is 49.9 Å². The molecule has 0 spiro atoms. The van der Waals surface area contributed by atoms with Crippen LogP contribution < -0.4 is 4.74 Å². The van der Waals surface area contributed by atoms with E-state index in [9.17, 15) is 0 Å². The molecule has 0 radical (unpaired) electrons. The summed E-state index contributed by atoms with van der Waals surface area (Å²) in [5.74, 6) is 0. The van der Waals surface area contributed by atoms with Crippen molar-refractivity contribution in [2.75, 3.05) is 7.11 Å². The van der Waals surface area contributed by atoms with E-state index < -0.39 is 0 Å². The molecule has 0 N–H and O–H groups in total. The summed E-state index contributed by atoms with van der Waals surface area (Å²) < 4.78 is 8.46. The molecule has 0 bridgehead atoms. The van der Waals surface area contributed by atoms with Gasteiger partial charge in [0, 0.05) is 8.04 Å². The molecule has 0 aliphatic carbocycles. The summed E-state index contributed by atoms with van der Waals surface area (Å²) in [4.78, 5) is 4.35. The molecule has 0 atom stereocenters. The van der Waals surface area contributed by atoms with E-state index in [4.69, 9.17) is 4.74 Å². The van der Waals surface area contributed by atoms with Crippen molar-refractivity contribution in [3.8, 4) is 5.19 Å². The number of thiazole rings is 1. The van der Waals surface area contributed by atoms with Crippen LogP contribution in [-0.4, -0.2) is 12.1 Å². The molecule has 0 aliphatic heterocycles. The zero-order valence-corrected chi connectivity index (χ0v) is 11.2. The minimum absolute atomic E-state index is 0.708. The summed E-state index contributed by atoms with van der Waals surface area (Å²) >= 11 is 7.31. The molecule has 0 aliphatic rings. The Bertz CT molecular complexity index is 418. The maximum Gasteiger partial charge on any atom is 0.274 e. The Morgan fingerprint density at radius 2 is 2.31 bits per heavy atom. The molecule has 0 saturated heterocycles. The van der Waals surface area contributed by atoms with Crippen molar-refractivity contribution in [3.63, 3.8) is 0 Å². The lowest BCUT2D eigenvalue weighted by atomic mass is 10.3. The fourth-order valence-corrected chi connectivity index (χ4v) is 3.14. The van der Waals surface area contributed by atoms with E-state index in [0.717, 1.165) is 18.3 Å². The molecule has 0 amide bonds. The Kier molecular flexibility index (Phi) is 2.75. The Hall–Kier alpha value is 0.120. The van der Waals surface area contributed by atoms with E-state index in [1.807, 2.05) is 12.1 Å². The minimum Gasteiger partial charge on any atom is -0.473 e. The second kappa shape index (κ2) is 3.70. The SMILES string of the molecule is COc1nc2c(I)ccc(Br)c2s1. The number of benzene rings is 1. The van der Waals surface area contributed by atoms with Gasteiger partial charge in [-0.25, -0.2) is 4.98 Å². The highest BCUT2D eigenvalue weighted by molar-refractivity contribution is 14.1. The molecular formula is C8H5BrINOS. The van der Waals surface area contributed by atoms with Crippen LogP contribution in [0.15, 0.2) is 16.6 Å². The Morgan fingerprint density at radius 1 is 1.54 bits per heavy atom. The van der Waals surface area contributed by atoms with Crippen molar-refractivity contribution in [1.82, 2.24) is 4.98 Å². The topological polar surface area (TPSA) is 22.1 Å². The summed E-state index contributed by atoms with van der Waals surface area (Å²) in [5, 5.41) is 0.708. The van der Waals surface area contributed by atoms with Gasteiger partial charge in [0.25, 0.3) is 5.19 Å². The van der Waals surface area contributed by atoms with Crippen LogP contribution in [-0.2, 0) is 0 Å². The first-order valence-corrected chi connectivity index (χ1v) is 6.19. The van der Waals surface area contributed by atoms with Crippen molar-refractivity contribution >= 4 is 60.1 Å². The van der Waals surface area contributed by atoms with Gasteiger partial charge in [0.05, 0.1) is 17.3 Å². The van der Waals surface area contributed by atoms with Crippen LogP contribution in [0.25, 0.3) is 10.2 Å². The molecule has 2 rings (SSSR count). The second-order valence-corrected chi connectivity index (χ2v) is 5.37. The molecule has 13 heavy (non-hydrogen) atoms. The molecule has 5 heteroatoms. The maximum atomic E-state index is 5.09. The molecule has 0 fully saturated rings. The standard InChI is InChI=1S/C8H5BrINOS/c1-12-8-11-6-5(10)3-2-4(9)7(6)13-8/h2-3H,1H3. The smallest absolute Gasteiger partial charge is 0.274 e. The molecule has 68 valence electrons. The Labute approximate surface area is 102 Å². The highest BCUT2D eigenvalue weighted by Gasteiger charge is 2.09. The fourth-order valence-electron chi connectivity index (χ4n) is 1.01. The minimum atomic E-state index is 0.708. The van der Waals surface area contributed by atoms with Gasteiger partial charge in [-0.3, -0.25) is 0 Å². The quantitative estimate of drug-likeness (QED) is 0.715. The van der Waals surface area contributed by atoms with Gasteiger partial charge in [0.15, 0.2) is 0 Å². The monoisotopic (exact) mass is 369 g/mol. The first-order chi connectivity index (χ1) is 6.22. The van der Waals surface area contributed by atoms with Gasteiger partial charge in [0.1, 0.15) is 0 Å². The third-order valence-corrected chi connectivity index (χ3v) is 4.45. The lowest BCUT2D eigenvalue weighted by molar-refractivity contribution is 0.413.